The molecule has 0 spiro atoms. The number of carbonyl (C=O) groups is 1. The van der Waals surface area contributed by atoms with Crippen molar-refractivity contribution >= 4 is 27.6 Å². The second kappa shape index (κ2) is 5.58. The quantitative estimate of drug-likeness (QED) is 0.666. The van der Waals surface area contributed by atoms with Crippen LogP contribution in [0.25, 0.3) is 0 Å². The Kier molecular flexibility index (Phi) is 4.38. The first-order valence-electron chi connectivity index (χ1n) is 4.40. The summed E-state index contributed by atoms with van der Waals surface area (Å²) in [5, 5.41) is 19.0. The fraction of sp³-hybridized carbons (Fsp3) is 0.222. The lowest BCUT2D eigenvalue weighted by atomic mass is 10.3. The molecule has 0 fully saturated rings. The summed E-state index contributed by atoms with van der Waals surface area (Å²) in [6.45, 7) is -0.236. The lowest BCUT2D eigenvalue weighted by Gasteiger charge is -2.07. The van der Waals surface area contributed by atoms with E-state index in [1.807, 2.05) is 0 Å². The summed E-state index contributed by atoms with van der Waals surface area (Å²) in [6, 6.07) is 1.71. The molecule has 0 bridgehead atoms. The molecule has 0 radical (unpaired) electrons. The molecule has 1 N–H and O–H groups in total. The molecule has 0 aliphatic carbocycles. The Bertz CT molecular complexity index is 465. The topological polar surface area (TPSA) is 89.7 Å². The maximum absolute atomic E-state index is 12.9. The highest BCUT2D eigenvalue weighted by Gasteiger charge is 2.20. The van der Waals surface area contributed by atoms with Crippen molar-refractivity contribution in [1.82, 2.24) is 0 Å². The number of hydrogen-bond donors (Lipinski definition) is 1. The molecular weight excluding hydrogens is 301 g/mol. The Morgan fingerprint density at radius 2 is 2.24 bits per heavy atom. The third kappa shape index (κ3) is 3.66. The smallest absolute Gasteiger partial charge is 0.315 e. The van der Waals surface area contributed by atoms with E-state index in [-0.39, 0.29) is 23.2 Å². The van der Waals surface area contributed by atoms with Gasteiger partial charge >= 0.3 is 11.7 Å². The minimum Gasteiger partial charge on any atom is -0.485 e. The van der Waals surface area contributed by atoms with Gasteiger partial charge in [-0.1, -0.05) is 0 Å². The molecule has 0 saturated heterocycles. The molecule has 6 nitrogen and oxygen atoms in total. The predicted octanol–water partition coefficient (Wildman–Crippen LogP) is 2.35. The second-order valence-corrected chi connectivity index (χ2v) is 3.84. The van der Waals surface area contributed by atoms with E-state index in [1.165, 1.54) is 0 Å². The van der Waals surface area contributed by atoms with Crippen LogP contribution in [0.5, 0.6) is 5.75 Å². The highest BCUT2D eigenvalue weighted by Crippen LogP contribution is 2.35. The molecular formula is C9H7BrFNO5. The van der Waals surface area contributed by atoms with Crippen LogP contribution in [0.15, 0.2) is 16.6 Å². The minimum atomic E-state index is -1.09. The largest absolute Gasteiger partial charge is 0.485 e. The van der Waals surface area contributed by atoms with Crippen LogP contribution < -0.4 is 4.74 Å². The van der Waals surface area contributed by atoms with Crippen molar-refractivity contribution in [3.63, 3.8) is 0 Å². The number of carboxylic acids is 1. The number of nitro groups is 1. The molecule has 0 atom stereocenters. The highest BCUT2D eigenvalue weighted by atomic mass is 79.9. The van der Waals surface area contributed by atoms with Gasteiger partial charge in [-0.05, 0) is 22.0 Å². The molecule has 0 aliphatic heterocycles. The van der Waals surface area contributed by atoms with E-state index in [1.54, 1.807) is 0 Å². The van der Waals surface area contributed by atoms with Crippen molar-refractivity contribution < 1.29 is 24.0 Å². The van der Waals surface area contributed by atoms with Crippen molar-refractivity contribution in [3.05, 3.63) is 32.5 Å². The van der Waals surface area contributed by atoms with Crippen molar-refractivity contribution in [3.8, 4) is 5.75 Å². The number of aliphatic carboxylic acids is 1. The van der Waals surface area contributed by atoms with Gasteiger partial charge in [0.2, 0.25) is 5.75 Å². The molecule has 8 heteroatoms. The summed E-state index contributed by atoms with van der Waals surface area (Å²) < 4.78 is 18.0. The summed E-state index contributed by atoms with van der Waals surface area (Å²) in [7, 11) is 0. The lowest BCUT2D eigenvalue weighted by molar-refractivity contribution is -0.386. The van der Waals surface area contributed by atoms with Crippen LogP contribution in [0.2, 0.25) is 0 Å². The van der Waals surface area contributed by atoms with Crippen LogP contribution in [0.1, 0.15) is 6.42 Å². The van der Waals surface area contributed by atoms with Crippen molar-refractivity contribution in [2.75, 3.05) is 6.61 Å². The van der Waals surface area contributed by atoms with E-state index in [9.17, 15) is 19.3 Å². The van der Waals surface area contributed by atoms with Crippen LogP contribution in [0, 0.1) is 15.9 Å². The van der Waals surface area contributed by atoms with Gasteiger partial charge in [0, 0.05) is 0 Å². The summed E-state index contributed by atoms with van der Waals surface area (Å²) >= 11 is 2.92. The number of benzene rings is 1. The van der Waals surface area contributed by atoms with E-state index < -0.39 is 22.4 Å². The van der Waals surface area contributed by atoms with Gasteiger partial charge < -0.3 is 9.84 Å². The third-order valence-electron chi connectivity index (χ3n) is 1.75. The highest BCUT2D eigenvalue weighted by molar-refractivity contribution is 9.10. The van der Waals surface area contributed by atoms with E-state index in [0.29, 0.717) is 6.07 Å². The van der Waals surface area contributed by atoms with Crippen molar-refractivity contribution in [1.29, 1.82) is 0 Å². The molecule has 1 aromatic carbocycles. The molecule has 1 rings (SSSR count). The second-order valence-electron chi connectivity index (χ2n) is 2.99. The van der Waals surface area contributed by atoms with Gasteiger partial charge in [-0.25, -0.2) is 4.39 Å². The normalized spacial score (nSPS) is 10.0. The minimum absolute atomic E-state index is 0.0644. The number of nitro benzene ring substituents is 1. The molecule has 0 aromatic heterocycles. The predicted molar refractivity (Wildman–Crippen MR) is 58.5 cm³/mol. The number of ether oxygens (including phenoxy) is 1. The van der Waals surface area contributed by atoms with E-state index in [4.69, 9.17) is 9.84 Å². The SMILES string of the molecule is O=C(O)CCOc1c(Br)cc(F)cc1[N+](=O)[O-]. The summed E-state index contributed by atoms with van der Waals surface area (Å²) in [5.74, 6) is -2.06. The average molecular weight is 308 g/mol. The monoisotopic (exact) mass is 307 g/mol. The Morgan fingerprint density at radius 3 is 2.76 bits per heavy atom. The summed E-state index contributed by atoms with van der Waals surface area (Å²) in [5.41, 5.74) is -0.553. The molecule has 0 heterocycles. The number of hydrogen-bond acceptors (Lipinski definition) is 4. The van der Waals surface area contributed by atoms with Gasteiger partial charge in [-0.2, -0.15) is 0 Å². The van der Waals surface area contributed by atoms with Gasteiger partial charge in [0.25, 0.3) is 0 Å². The first-order valence-corrected chi connectivity index (χ1v) is 5.19. The molecule has 0 aliphatic rings. The average Bonchev–Trinajstić information content (AvgIpc) is 2.19. The van der Waals surface area contributed by atoms with Gasteiger partial charge in [-0.15, -0.1) is 0 Å². The molecule has 92 valence electrons. The molecule has 0 amide bonds. The van der Waals surface area contributed by atoms with Gasteiger partial charge in [0.05, 0.1) is 28.5 Å². The molecule has 0 unspecified atom stereocenters. The molecule has 1 aromatic rings. The first kappa shape index (κ1) is 13.4. The van der Waals surface area contributed by atoms with Crippen LogP contribution >= 0.6 is 15.9 Å². The van der Waals surface area contributed by atoms with Crippen molar-refractivity contribution in [2.45, 2.75) is 6.42 Å². The number of halogens is 2. The zero-order chi connectivity index (χ0) is 13.0. The molecule has 0 saturated carbocycles. The molecule has 17 heavy (non-hydrogen) atoms. The summed E-state index contributed by atoms with van der Waals surface area (Å²) in [4.78, 5) is 20.1. The van der Waals surface area contributed by atoms with Crippen LogP contribution in [-0.4, -0.2) is 22.6 Å². The van der Waals surface area contributed by atoms with E-state index in [0.717, 1.165) is 6.07 Å². The van der Waals surface area contributed by atoms with E-state index in [2.05, 4.69) is 15.9 Å². The Labute approximate surface area is 103 Å². The first-order chi connectivity index (χ1) is 7.91. The number of carboxylic acid groups (broad SMARTS) is 1. The Hall–Kier alpha value is -1.70. The van der Waals surface area contributed by atoms with Gasteiger partial charge in [-0.3, -0.25) is 14.9 Å². The van der Waals surface area contributed by atoms with Crippen LogP contribution in [0.4, 0.5) is 10.1 Å². The van der Waals surface area contributed by atoms with Crippen LogP contribution in [-0.2, 0) is 4.79 Å². The Balaban J connectivity index is 2.96. The zero-order valence-electron chi connectivity index (χ0n) is 8.35. The zero-order valence-corrected chi connectivity index (χ0v) is 9.94. The standard InChI is InChI=1S/C9H7BrFNO5/c10-6-3-5(11)4-7(12(15)16)9(6)17-2-1-8(13)14/h3-4H,1-2H2,(H,13,14). The van der Waals surface area contributed by atoms with Gasteiger partial charge in [0.1, 0.15) is 5.82 Å². The van der Waals surface area contributed by atoms with Crippen LogP contribution in [0.3, 0.4) is 0 Å². The fourth-order valence-corrected chi connectivity index (χ4v) is 1.60. The Morgan fingerprint density at radius 1 is 1.59 bits per heavy atom. The maximum Gasteiger partial charge on any atom is 0.315 e. The van der Waals surface area contributed by atoms with Crippen molar-refractivity contribution in [2.24, 2.45) is 0 Å². The lowest BCUT2D eigenvalue weighted by Crippen LogP contribution is -2.06. The third-order valence-corrected chi connectivity index (χ3v) is 2.34. The number of nitrogens with zero attached hydrogens (tertiary/aromatic N) is 1. The number of rotatable bonds is 5. The maximum atomic E-state index is 12.9. The van der Waals surface area contributed by atoms with Gasteiger partial charge in [0.15, 0.2) is 0 Å². The summed E-state index contributed by atoms with van der Waals surface area (Å²) in [6.07, 6.45) is -0.305. The van der Waals surface area contributed by atoms with E-state index >= 15 is 0 Å². The fourth-order valence-electron chi connectivity index (χ4n) is 1.07.